The lowest BCUT2D eigenvalue weighted by atomic mass is 10.1. The van der Waals surface area contributed by atoms with Crippen LogP contribution in [0.5, 0.6) is 0 Å². The van der Waals surface area contributed by atoms with Crippen molar-refractivity contribution in [3.8, 4) is 0 Å². The van der Waals surface area contributed by atoms with Gasteiger partial charge < -0.3 is 9.88 Å². The second-order valence-corrected chi connectivity index (χ2v) is 6.42. The zero-order valence-corrected chi connectivity index (χ0v) is 14.6. The summed E-state index contributed by atoms with van der Waals surface area (Å²) >= 11 is 0. The van der Waals surface area contributed by atoms with Gasteiger partial charge in [0.25, 0.3) is 11.5 Å². The predicted molar refractivity (Wildman–Crippen MR) is 95.2 cm³/mol. The van der Waals surface area contributed by atoms with Crippen LogP contribution in [0.25, 0.3) is 0 Å². The minimum absolute atomic E-state index is 0.213. The van der Waals surface area contributed by atoms with Crippen LogP contribution in [0.3, 0.4) is 0 Å². The average Bonchev–Trinajstić information content (AvgIpc) is 2.55. The second kappa shape index (κ2) is 8.43. The van der Waals surface area contributed by atoms with Gasteiger partial charge in [0, 0.05) is 31.7 Å². The third-order valence-corrected chi connectivity index (χ3v) is 3.97. The lowest BCUT2D eigenvalue weighted by Crippen LogP contribution is -2.35. The van der Waals surface area contributed by atoms with Gasteiger partial charge >= 0.3 is 0 Å². The van der Waals surface area contributed by atoms with Crippen LogP contribution in [-0.2, 0) is 13.0 Å². The maximum absolute atomic E-state index is 12.6. The molecule has 1 amide bonds. The van der Waals surface area contributed by atoms with Gasteiger partial charge in [-0.2, -0.15) is 0 Å². The molecule has 2 aromatic heterocycles. The summed E-state index contributed by atoms with van der Waals surface area (Å²) in [6.45, 7) is 7.14. The molecule has 128 valence electrons. The highest BCUT2D eigenvalue weighted by Crippen LogP contribution is 2.05. The average molecular weight is 327 g/mol. The van der Waals surface area contributed by atoms with Crippen molar-refractivity contribution in [2.24, 2.45) is 5.92 Å². The van der Waals surface area contributed by atoms with Crippen molar-refractivity contribution in [1.82, 2.24) is 14.9 Å². The molecule has 2 rings (SSSR count). The minimum atomic E-state index is -0.305. The Morgan fingerprint density at radius 2 is 2.12 bits per heavy atom. The number of hydrogen-bond acceptors (Lipinski definition) is 3. The Morgan fingerprint density at radius 1 is 1.33 bits per heavy atom. The van der Waals surface area contributed by atoms with Gasteiger partial charge in [0.15, 0.2) is 0 Å². The van der Waals surface area contributed by atoms with Gasteiger partial charge in [-0.15, -0.1) is 0 Å². The molecular formula is C19H25N3O2. The summed E-state index contributed by atoms with van der Waals surface area (Å²) in [7, 11) is 0. The van der Waals surface area contributed by atoms with E-state index in [0.717, 1.165) is 12.0 Å². The van der Waals surface area contributed by atoms with E-state index in [4.69, 9.17) is 0 Å². The number of pyridine rings is 2. The quantitative estimate of drug-likeness (QED) is 0.850. The van der Waals surface area contributed by atoms with Gasteiger partial charge in [-0.25, -0.2) is 0 Å². The molecule has 0 unspecified atom stereocenters. The number of carbonyl (C=O) groups is 1. The molecule has 1 N–H and O–H groups in total. The third kappa shape index (κ3) is 4.78. The molecule has 0 aliphatic rings. The Bertz CT molecular complexity index is 736. The van der Waals surface area contributed by atoms with E-state index >= 15 is 0 Å². The lowest BCUT2D eigenvalue weighted by Gasteiger charge is -2.12. The largest absolute Gasteiger partial charge is 0.352 e. The number of nitrogens with one attached hydrogen (secondary N) is 1. The number of aromatic nitrogens is 2. The summed E-state index contributed by atoms with van der Waals surface area (Å²) in [4.78, 5) is 29.0. The Kier molecular flexibility index (Phi) is 6.29. The van der Waals surface area contributed by atoms with Crippen molar-refractivity contribution >= 4 is 5.91 Å². The molecule has 5 nitrogen and oxygen atoms in total. The van der Waals surface area contributed by atoms with Crippen LogP contribution in [0.4, 0.5) is 0 Å². The minimum Gasteiger partial charge on any atom is -0.352 e. The van der Waals surface area contributed by atoms with Crippen LogP contribution in [0.15, 0.2) is 41.6 Å². The van der Waals surface area contributed by atoms with Crippen LogP contribution in [-0.4, -0.2) is 22.0 Å². The summed E-state index contributed by atoms with van der Waals surface area (Å²) in [6, 6.07) is 5.66. The molecule has 0 saturated heterocycles. The Morgan fingerprint density at radius 3 is 2.79 bits per heavy atom. The number of amides is 1. The first-order valence-electron chi connectivity index (χ1n) is 8.36. The van der Waals surface area contributed by atoms with Crippen molar-refractivity contribution in [1.29, 1.82) is 0 Å². The number of rotatable bonds is 7. The van der Waals surface area contributed by atoms with E-state index < -0.39 is 0 Å². The van der Waals surface area contributed by atoms with E-state index in [-0.39, 0.29) is 17.0 Å². The number of nitrogens with zero attached hydrogens (tertiary/aromatic N) is 2. The van der Waals surface area contributed by atoms with Gasteiger partial charge in [0.1, 0.15) is 5.56 Å². The van der Waals surface area contributed by atoms with Crippen LogP contribution < -0.4 is 10.9 Å². The van der Waals surface area contributed by atoms with E-state index in [1.54, 1.807) is 30.1 Å². The molecule has 0 aliphatic heterocycles. The SMILES string of the molecule is Cc1ccn(CCC(C)C)c(=O)c1C(=O)NCCc1cccnc1. The summed E-state index contributed by atoms with van der Waals surface area (Å²) in [5.41, 5.74) is 1.79. The van der Waals surface area contributed by atoms with E-state index in [9.17, 15) is 9.59 Å². The molecule has 0 radical (unpaired) electrons. The summed E-state index contributed by atoms with van der Waals surface area (Å²) in [6.07, 6.45) is 6.86. The van der Waals surface area contributed by atoms with Gasteiger partial charge in [-0.3, -0.25) is 14.6 Å². The number of aryl methyl sites for hydroxylation is 2. The van der Waals surface area contributed by atoms with Crippen molar-refractivity contribution in [3.05, 3.63) is 63.8 Å². The highest BCUT2D eigenvalue weighted by molar-refractivity contribution is 5.95. The Labute approximate surface area is 142 Å². The summed E-state index contributed by atoms with van der Waals surface area (Å²) in [5.74, 6) is 0.204. The molecule has 0 bridgehead atoms. The fraction of sp³-hybridized carbons (Fsp3) is 0.421. The fourth-order valence-corrected chi connectivity index (χ4v) is 2.47. The second-order valence-electron chi connectivity index (χ2n) is 6.42. The van der Waals surface area contributed by atoms with E-state index in [0.29, 0.717) is 31.0 Å². The van der Waals surface area contributed by atoms with Crippen molar-refractivity contribution in [3.63, 3.8) is 0 Å². The third-order valence-electron chi connectivity index (χ3n) is 3.97. The monoisotopic (exact) mass is 327 g/mol. The molecule has 0 saturated carbocycles. The molecule has 0 fully saturated rings. The molecule has 5 heteroatoms. The summed E-state index contributed by atoms with van der Waals surface area (Å²) in [5, 5.41) is 2.84. The first-order chi connectivity index (χ1) is 11.5. The maximum atomic E-state index is 12.6. The van der Waals surface area contributed by atoms with E-state index in [2.05, 4.69) is 24.1 Å². The van der Waals surface area contributed by atoms with Crippen LogP contribution in [0.2, 0.25) is 0 Å². The van der Waals surface area contributed by atoms with Crippen LogP contribution >= 0.6 is 0 Å². The topological polar surface area (TPSA) is 64.0 Å². The first kappa shape index (κ1) is 17.9. The van der Waals surface area contributed by atoms with Crippen molar-refractivity contribution in [2.45, 2.75) is 40.2 Å². The molecule has 2 heterocycles. The summed E-state index contributed by atoms with van der Waals surface area (Å²) < 4.78 is 1.63. The highest BCUT2D eigenvalue weighted by atomic mass is 16.2. The van der Waals surface area contributed by atoms with Crippen LogP contribution in [0.1, 0.15) is 41.8 Å². The highest BCUT2D eigenvalue weighted by Gasteiger charge is 2.15. The van der Waals surface area contributed by atoms with Gasteiger partial charge in [-0.1, -0.05) is 19.9 Å². The predicted octanol–water partition coefficient (Wildman–Crippen LogP) is 2.57. The van der Waals surface area contributed by atoms with Crippen LogP contribution in [0, 0.1) is 12.8 Å². The van der Waals surface area contributed by atoms with Gasteiger partial charge in [0.2, 0.25) is 0 Å². The first-order valence-corrected chi connectivity index (χ1v) is 8.36. The standard InChI is InChI=1S/C19H25N3O2/c1-14(2)7-11-22-12-8-15(3)17(19(22)24)18(23)21-10-6-16-5-4-9-20-13-16/h4-5,8-9,12-14H,6-7,10-11H2,1-3H3,(H,21,23). The van der Waals surface area contributed by atoms with Gasteiger partial charge in [0.05, 0.1) is 0 Å². The van der Waals surface area contributed by atoms with Crippen molar-refractivity contribution < 1.29 is 4.79 Å². The Hall–Kier alpha value is -2.43. The molecule has 0 aromatic carbocycles. The zero-order chi connectivity index (χ0) is 17.5. The fourth-order valence-electron chi connectivity index (χ4n) is 2.47. The molecule has 0 aliphatic carbocycles. The van der Waals surface area contributed by atoms with E-state index in [1.165, 1.54) is 0 Å². The maximum Gasteiger partial charge on any atom is 0.263 e. The van der Waals surface area contributed by atoms with Crippen molar-refractivity contribution in [2.75, 3.05) is 6.54 Å². The lowest BCUT2D eigenvalue weighted by molar-refractivity contribution is 0.0951. The molecule has 0 spiro atoms. The molecule has 2 aromatic rings. The normalized spacial score (nSPS) is 10.8. The molecule has 24 heavy (non-hydrogen) atoms. The molecular weight excluding hydrogens is 302 g/mol. The Balaban J connectivity index is 2.05. The number of hydrogen-bond donors (Lipinski definition) is 1. The van der Waals surface area contributed by atoms with E-state index in [1.807, 2.05) is 18.2 Å². The smallest absolute Gasteiger partial charge is 0.263 e. The zero-order valence-electron chi connectivity index (χ0n) is 14.6. The number of carbonyl (C=O) groups excluding carboxylic acids is 1. The van der Waals surface area contributed by atoms with Gasteiger partial charge in [-0.05, 0) is 48.9 Å². The molecule has 0 atom stereocenters.